The van der Waals surface area contributed by atoms with Crippen LogP contribution < -0.4 is 0 Å². The minimum absolute atomic E-state index is 0.0210. The molecule has 19 heavy (non-hydrogen) atoms. The molecule has 2 atom stereocenters. The molecule has 0 aromatic carbocycles. The average Bonchev–Trinajstić information content (AvgIpc) is 2.46. The third-order valence-corrected chi connectivity index (χ3v) is 4.59. The smallest absolute Gasteiger partial charge is 0.274 e. The van der Waals surface area contributed by atoms with Gasteiger partial charge in [0.05, 0.1) is 18.8 Å². The molecule has 4 nitrogen and oxygen atoms in total. The van der Waals surface area contributed by atoms with Crippen molar-refractivity contribution in [1.29, 1.82) is 0 Å². The van der Waals surface area contributed by atoms with Gasteiger partial charge in [0.25, 0.3) is 5.91 Å². The van der Waals surface area contributed by atoms with E-state index in [9.17, 15) is 4.79 Å². The lowest BCUT2D eigenvalue weighted by Crippen LogP contribution is -2.55. The molecule has 1 aliphatic heterocycles. The molecule has 1 saturated heterocycles. The lowest BCUT2D eigenvalue weighted by atomic mass is 9.90. The van der Waals surface area contributed by atoms with Crippen molar-refractivity contribution in [2.75, 3.05) is 13.2 Å². The molecule has 1 aromatic heterocycles. The molecule has 3 rings (SSSR count). The van der Waals surface area contributed by atoms with Crippen LogP contribution in [0.25, 0.3) is 0 Å². The molecule has 102 valence electrons. The summed E-state index contributed by atoms with van der Waals surface area (Å²) in [5, 5.41) is 0. The molecule has 0 N–H and O–H groups in total. The first-order valence-electron chi connectivity index (χ1n) is 6.80. The zero-order valence-electron chi connectivity index (χ0n) is 10.7. The highest BCUT2D eigenvalue weighted by Crippen LogP contribution is 2.30. The summed E-state index contributed by atoms with van der Waals surface area (Å²) < 4.78 is 6.57. The third-order valence-electron chi connectivity index (χ3n) is 3.95. The van der Waals surface area contributed by atoms with Gasteiger partial charge >= 0.3 is 0 Å². The topological polar surface area (TPSA) is 42.4 Å². The van der Waals surface area contributed by atoms with Gasteiger partial charge in [-0.1, -0.05) is 12.8 Å². The summed E-state index contributed by atoms with van der Waals surface area (Å²) in [4.78, 5) is 18.8. The number of nitrogens with zero attached hydrogens (tertiary/aromatic N) is 2. The third kappa shape index (κ3) is 2.54. The van der Waals surface area contributed by atoms with Crippen LogP contribution in [0.5, 0.6) is 0 Å². The zero-order valence-corrected chi connectivity index (χ0v) is 12.3. The molecule has 1 saturated carbocycles. The van der Waals surface area contributed by atoms with E-state index in [2.05, 4.69) is 20.9 Å². The summed E-state index contributed by atoms with van der Waals surface area (Å²) in [5.74, 6) is 0.0210. The van der Waals surface area contributed by atoms with Crippen LogP contribution in [0, 0.1) is 0 Å². The fraction of sp³-hybridized carbons (Fsp3) is 0.571. The van der Waals surface area contributed by atoms with Crippen molar-refractivity contribution < 1.29 is 9.53 Å². The number of ether oxygens (including phenoxy) is 1. The molecule has 2 aliphatic rings. The molecule has 0 radical (unpaired) electrons. The van der Waals surface area contributed by atoms with Gasteiger partial charge in [-0.3, -0.25) is 4.79 Å². The Labute approximate surface area is 121 Å². The molecule has 2 fully saturated rings. The summed E-state index contributed by atoms with van der Waals surface area (Å²) in [7, 11) is 0. The second-order valence-corrected chi connectivity index (χ2v) is 5.95. The monoisotopic (exact) mass is 324 g/mol. The van der Waals surface area contributed by atoms with Gasteiger partial charge in [-0.2, -0.15) is 0 Å². The quantitative estimate of drug-likeness (QED) is 0.797. The maximum Gasteiger partial charge on any atom is 0.274 e. The number of hydrogen-bond donors (Lipinski definition) is 0. The fourth-order valence-electron chi connectivity index (χ4n) is 3.03. The molecular formula is C14H17BrN2O2. The number of carbonyl (C=O) groups excluding carboxylic acids is 1. The normalized spacial score (nSPS) is 26.9. The van der Waals surface area contributed by atoms with E-state index in [0.717, 1.165) is 17.3 Å². The van der Waals surface area contributed by atoms with Crippen LogP contribution in [0.1, 0.15) is 36.2 Å². The Morgan fingerprint density at radius 3 is 3.11 bits per heavy atom. The number of rotatable bonds is 1. The van der Waals surface area contributed by atoms with Gasteiger partial charge in [-0.15, -0.1) is 0 Å². The van der Waals surface area contributed by atoms with Crippen LogP contribution in [0.3, 0.4) is 0 Å². The van der Waals surface area contributed by atoms with Gasteiger partial charge in [0.15, 0.2) is 0 Å². The van der Waals surface area contributed by atoms with Crippen LogP contribution in [-0.2, 0) is 4.74 Å². The summed E-state index contributed by atoms with van der Waals surface area (Å²) in [5.41, 5.74) is 0.508. The minimum atomic E-state index is 0.0210. The molecule has 0 spiro atoms. The first-order chi connectivity index (χ1) is 9.27. The van der Waals surface area contributed by atoms with Gasteiger partial charge < -0.3 is 9.64 Å². The van der Waals surface area contributed by atoms with Crippen molar-refractivity contribution in [3.8, 4) is 0 Å². The predicted octanol–water partition coefficient (Wildman–Crippen LogP) is 2.63. The Morgan fingerprint density at radius 2 is 2.26 bits per heavy atom. The number of pyridine rings is 1. The van der Waals surface area contributed by atoms with Gasteiger partial charge in [-0.05, 0) is 40.9 Å². The maximum atomic E-state index is 12.7. The summed E-state index contributed by atoms with van der Waals surface area (Å²) in [6.45, 7) is 1.31. The van der Waals surface area contributed by atoms with Crippen LogP contribution in [0.15, 0.2) is 22.8 Å². The van der Waals surface area contributed by atoms with E-state index < -0.39 is 0 Å². The summed E-state index contributed by atoms with van der Waals surface area (Å²) in [6.07, 6.45) is 6.37. The molecule has 0 bridgehead atoms. The maximum absolute atomic E-state index is 12.7. The standard InChI is InChI=1S/C14H17BrN2O2/c15-10-4-3-7-16-13(10)14(18)17-8-9-19-12-6-2-1-5-11(12)17/h3-4,7,11-12H,1-2,5-6,8-9H2. The number of halogens is 1. The van der Waals surface area contributed by atoms with Crippen molar-refractivity contribution >= 4 is 21.8 Å². The Bertz CT molecular complexity index is 478. The Morgan fingerprint density at radius 1 is 1.42 bits per heavy atom. The number of morpholine rings is 1. The summed E-state index contributed by atoms with van der Waals surface area (Å²) >= 11 is 3.41. The number of fused-ring (bicyclic) bond motifs is 1. The van der Waals surface area contributed by atoms with E-state index in [4.69, 9.17) is 4.74 Å². The second-order valence-electron chi connectivity index (χ2n) is 5.09. The number of carbonyl (C=O) groups is 1. The van der Waals surface area contributed by atoms with Crippen molar-refractivity contribution in [2.24, 2.45) is 0 Å². The van der Waals surface area contributed by atoms with Crippen LogP contribution in [0.2, 0.25) is 0 Å². The molecule has 1 aromatic rings. The van der Waals surface area contributed by atoms with E-state index >= 15 is 0 Å². The predicted molar refractivity (Wildman–Crippen MR) is 75.0 cm³/mol. The lowest BCUT2D eigenvalue weighted by Gasteiger charge is -2.43. The highest BCUT2D eigenvalue weighted by molar-refractivity contribution is 9.10. The van der Waals surface area contributed by atoms with Gasteiger partial charge in [-0.25, -0.2) is 4.98 Å². The SMILES string of the molecule is O=C(c1ncccc1Br)N1CCOC2CCCCC21. The minimum Gasteiger partial charge on any atom is -0.374 e. The van der Waals surface area contributed by atoms with Crippen LogP contribution in [0.4, 0.5) is 0 Å². The second kappa shape index (κ2) is 5.59. The number of hydrogen-bond acceptors (Lipinski definition) is 3. The Hall–Kier alpha value is -0.940. The van der Waals surface area contributed by atoms with E-state index in [1.807, 2.05) is 17.0 Å². The van der Waals surface area contributed by atoms with Gasteiger partial charge in [0.1, 0.15) is 5.69 Å². The van der Waals surface area contributed by atoms with Gasteiger partial charge in [0.2, 0.25) is 0 Å². The molecular weight excluding hydrogens is 308 g/mol. The van der Waals surface area contributed by atoms with Crippen molar-refractivity contribution in [3.05, 3.63) is 28.5 Å². The first-order valence-corrected chi connectivity index (χ1v) is 7.60. The molecule has 1 amide bonds. The molecule has 5 heteroatoms. The fourth-order valence-corrected chi connectivity index (χ4v) is 3.45. The Balaban J connectivity index is 1.84. The van der Waals surface area contributed by atoms with E-state index in [1.54, 1.807) is 6.20 Å². The molecule has 2 heterocycles. The lowest BCUT2D eigenvalue weighted by molar-refractivity contribution is -0.0754. The average molecular weight is 325 g/mol. The van der Waals surface area contributed by atoms with E-state index in [1.165, 1.54) is 12.8 Å². The van der Waals surface area contributed by atoms with Crippen LogP contribution >= 0.6 is 15.9 Å². The first kappa shape index (κ1) is 13.1. The van der Waals surface area contributed by atoms with Crippen molar-refractivity contribution in [2.45, 2.75) is 37.8 Å². The highest BCUT2D eigenvalue weighted by Gasteiger charge is 2.37. The van der Waals surface area contributed by atoms with Crippen molar-refractivity contribution in [1.82, 2.24) is 9.88 Å². The number of aromatic nitrogens is 1. The van der Waals surface area contributed by atoms with E-state index in [-0.39, 0.29) is 18.1 Å². The van der Waals surface area contributed by atoms with Gasteiger partial charge in [0, 0.05) is 17.2 Å². The summed E-state index contributed by atoms with van der Waals surface area (Å²) in [6, 6.07) is 3.91. The van der Waals surface area contributed by atoms with E-state index in [0.29, 0.717) is 18.8 Å². The Kier molecular flexibility index (Phi) is 3.84. The molecule has 1 aliphatic carbocycles. The molecule has 2 unspecified atom stereocenters. The highest BCUT2D eigenvalue weighted by atomic mass is 79.9. The zero-order chi connectivity index (χ0) is 13.2. The van der Waals surface area contributed by atoms with Crippen molar-refractivity contribution in [3.63, 3.8) is 0 Å². The number of amides is 1. The largest absolute Gasteiger partial charge is 0.374 e. The van der Waals surface area contributed by atoms with Crippen LogP contribution in [-0.4, -0.2) is 41.1 Å².